The van der Waals surface area contributed by atoms with E-state index >= 15 is 0 Å². The van der Waals surface area contributed by atoms with Gasteiger partial charge >= 0.3 is 0 Å². The van der Waals surface area contributed by atoms with Crippen LogP contribution in [0.5, 0.6) is 0 Å². The first-order chi connectivity index (χ1) is 6.55. The summed E-state index contributed by atoms with van der Waals surface area (Å²) in [6.45, 7) is 6.59. The van der Waals surface area contributed by atoms with Gasteiger partial charge in [-0.05, 0) is 26.8 Å². The summed E-state index contributed by atoms with van der Waals surface area (Å²) in [5.74, 6) is 0. The molecule has 0 aliphatic carbocycles. The van der Waals surface area contributed by atoms with Crippen LogP contribution in [0.1, 0.15) is 32.5 Å². The Kier molecular flexibility index (Phi) is 3.29. The quantitative estimate of drug-likeness (QED) is 0.791. The average Bonchev–Trinajstić information content (AvgIpc) is 2.65. The summed E-state index contributed by atoms with van der Waals surface area (Å²) in [7, 11) is 1.67. The van der Waals surface area contributed by atoms with Gasteiger partial charge in [-0.15, -0.1) is 0 Å². The molecule has 1 aromatic rings. The molecule has 0 bridgehead atoms. The summed E-state index contributed by atoms with van der Waals surface area (Å²) < 4.78 is 7.38. The monoisotopic (exact) mass is 197 g/mol. The maximum atomic E-state index is 5.71. The second kappa shape index (κ2) is 4.11. The summed E-state index contributed by atoms with van der Waals surface area (Å²) in [4.78, 5) is 0. The van der Waals surface area contributed by atoms with Crippen molar-refractivity contribution in [3.8, 4) is 0 Å². The van der Waals surface area contributed by atoms with Crippen molar-refractivity contribution in [3.63, 3.8) is 0 Å². The van der Waals surface area contributed by atoms with E-state index in [1.165, 1.54) is 0 Å². The molecule has 80 valence electrons. The fourth-order valence-electron chi connectivity index (χ4n) is 1.44. The van der Waals surface area contributed by atoms with Crippen LogP contribution in [0.2, 0.25) is 0 Å². The third-order valence-electron chi connectivity index (χ3n) is 2.54. The van der Waals surface area contributed by atoms with Crippen LogP contribution in [0, 0.1) is 0 Å². The van der Waals surface area contributed by atoms with Gasteiger partial charge < -0.3 is 10.5 Å². The van der Waals surface area contributed by atoms with E-state index < -0.39 is 5.60 Å². The van der Waals surface area contributed by atoms with Crippen LogP contribution in [0.25, 0.3) is 0 Å². The van der Waals surface area contributed by atoms with E-state index in [2.05, 4.69) is 18.9 Å². The second-order valence-electron chi connectivity index (χ2n) is 3.89. The topological polar surface area (TPSA) is 53.1 Å². The minimum Gasteiger partial charge on any atom is -0.371 e. The molecule has 0 saturated heterocycles. The summed E-state index contributed by atoms with van der Waals surface area (Å²) in [5.41, 5.74) is 6.29. The first kappa shape index (κ1) is 11.2. The molecule has 1 aromatic heterocycles. The fourth-order valence-corrected chi connectivity index (χ4v) is 1.44. The Morgan fingerprint density at radius 1 is 1.64 bits per heavy atom. The molecule has 14 heavy (non-hydrogen) atoms. The zero-order valence-corrected chi connectivity index (χ0v) is 9.32. The molecule has 4 heteroatoms. The molecule has 4 nitrogen and oxygen atoms in total. The Labute approximate surface area is 85.0 Å². The predicted molar refractivity (Wildman–Crippen MR) is 56.0 cm³/mol. The minimum atomic E-state index is -0.444. The molecule has 0 fully saturated rings. The molecule has 0 spiro atoms. The SMILES string of the molecule is COC(C)(CN)c1ccnn1C(C)C. The lowest BCUT2D eigenvalue weighted by Gasteiger charge is -2.28. The fraction of sp³-hybridized carbons (Fsp3) is 0.700. The Morgan fingerprint density at radius 2 is 2.29 bits per heavy atom. The number of hydrogen-bond acceptors (Lipinski definition) is 3. The molecular weight excluding hydrogens is 178 g/mol. The van der Waals surface area contributed by atoms with E-state index in [1.54, 1.807) is 13.3 Å². The molecule has 0 saturated carbocycles. The molecule has 0 amide bonds. The highest BCUT2D eigenvalue weighted by atomic mass is 16.5. The van der Waals surface area contributed by atoms with Gasteiger partial charge in [0.2, 0.25) is 0 Å². The summed E-state index contributed by atoms with van der Waals surface area (Å²) in [5, 5.41) is 4.26. The molecule has 1 rings (SSSR count). The third-order valence-corrected chi connectivity index (χ3v) is 2.54. The Morgan fingerprint density at radius 3 is 2.71 bits per heavy atom. The molecule has 0 aliphatic rings. The van der Waals surface area contributed by atoms with Crippen molar-refractivity contribution in [3.05, 3.63) is 18.0 Å². The van der Waals surface area contributed by atoms with Gasteiger partial charge in [0.1, 0.15) is 5.60 Å². The Balaban J connectivity index is 3.10. The van der Waals surface area contributed by atoms with Crippen LogP contribution in [-0.2, 0) is 10.3 Å². The maximum absolute atomic E-state index is 5.71. The van der Waals surface area contributed by atoms with E-state index in [9.17, 15) is 0 Å². The van der Waals surface area contributed by atoms with Crippen molar-refractivity contribution in [2.24, 2.45) is 5.73 Å². The zero-order valence-electron chi connectivity index (χ0n) is 9.32. The van der Waals surface area contributed by atoms with Gasteiger partial charge in [0.15, 0.2) is 0 Å². The average molecular weight is 197 g/mol. The van der Waals surface area contributed by atoms with Crippen molar-refractivity contribution >= 4 is 0 Å². The molecule has 1 unspecified atom stereocenters. The molecule has 1 heterocycles. The van der Waals surface area contributed by atoms with Gasteiger partial charge in [0.05, 0.1) is 5.69 Å². The van der Waals surface area contributed by atoms with E-state index in [4.69, 9.17) is 10.5 Å². The smallest absolute Gasteiger partial charge is 0.119 e. The zero-order chi connectivity index (χ0) is 10.8. The molecular formula is C10H19N3O. The van der Waals surface area contributed by atoms with Crippen molar-refractivity contribution < 1.29 is 4.74 Å². The van der Waals surface area contributed by atoms with Crippen LogP contribution >= 0.6 is 0 Å². The summed E-state index contributed by atoms with van der Waals surface area (Å²) in [6, 6.07) is 2.28. The van der Waals surface area contributed by atoms with Crippen molar-refractivity contribution in [2.75, 3.05) is 13.7 Å². The van der Waals surface area contributed by atoms with Crippen molar-refractivity contribution in [1.82, 2.24) is 9.78 Å². The van der Waals surface area contributed by atoms with E-state index in [-0.39, 0.29) is 0 Å². The molecule has 0 aliphatic heterocycles. The summed E-state index contributed by atoms with van der Waals surface area (Å²) in [6.07, 6.45) is 1.78. The van der Waals surface area contributed by atoms with Crippen LogP contribution in [0.3, 0.4) is 0 Å². The van der Waals surface area contributed by atoms with Crippen molar-refractivity contribution in [2.45, 2.75) is 32.4 Å². The third kappa shape index (κ3) is 1.81. The lowest BCUT2D eigenvalue weighted by atomic mass is 10.0. The van der Waals surface area contributed by atoms with Crippen molar-refractivity contribution in [1.29, 1.82) is 0 Å². The normalized spacial score (nSPS) is 15.9. The lowest BCUT2D eigenvalue weighted by Crippen LogP contribution is -2.36. The highest BCUT2D eigenvalue weighted by molar-refractivity contribution is 5.12. The summed E-state index contributed by atoms with van der Waals surface area (Å²) >= 11 is 0. The van der Waals surface area contributed by atoms with Gasteiger partial charge in [-0.25, -0.2) is 0 Å². The van der Waals surface area contributed by atoms with Gasteiger partial charge in [0, 0.05) is 25.9 Å². The number of nitrogens with zero attached hydrogens (tertiary/aromatic N) is 2. The largest absolute Gasteiger partial charge is 0.371 e. The Hall–Kier alpha value is -0.870. The maximum Gasteiger partial charge on any atom is 0.119 e. The first-order valence-corrected chi connectivity index (χ1v) is 4.84. The van der Waals surface area contributed by atoms with Crippen LogP contribution in [0.15, 0.2) is 12.3 Å². The number of hydrogen-bond donors (Lipinski definition) is 1. The molecule has 0 aromatic carbocycles. The number of rotatable bonds is 4. The van der Waals surface area contributed by atoms with Gasteiger partial charge in [0.25, 0.3) is 0 Å². The van der Waals surface area contributed by atoms with Crippen LogP contribution in [0.4, 0.5) is 0 Å². The number of nitrogens with two attached hydrogens (primary N) is 1. The standard InChI is InChI=1S/C10H19N3O/c1-8(2)13-9(5-6-12-13)10(3,7-11)14-4/h5-6,8H,7,11H2,1-4H3. The Bertz CT molecular complexity index is 289. The minimum absolute atomic E-state index is 0.320. The molecule has 1 atom stereocenters. The highest BCUT2D eigenvalue weighted by Crippen LogP contribution is 2.24. The van der Waals surface area contributed by atoms with Gasteiger partial charge in [-0.1, -0.05) is 0 Å². The second-order valence-corrected chi connectivity index (χ2v) is 3.89. The van der Waals surface area contributed by atoms with Gasteiger partial charge in [-0.3, -0.25) is 4.68 Å². The van der Waals surface area contributed by atoms with E-state index in [1.807, 2.05) is 17.7 Å². The molecule has 2 N–H and O–H groups in total. The van der Waals surface area contributed by atoms with Crippen LogP contribution < -0.4 is 5.73 Å². The van der Waals surface area contributed by atoms with Crippen LogP contribution in [-0.4, -0.2) is 23.4 Å². The highest BCUT2D eigenvalue weighted by Gasteiger charge is 2.28. The number of ether oxygens (including phenoxy) is 1. The predicted octanol–water partition coefficient (Wildman–Crippen LogP) is 1.28. The molecule has 0 radical (unpaired) electrons. The van der Waals surface area contributed by atoms with Gasteiger partial charge in [-0.2, -0.15) is 5.10 Å². The van der Waals surface area contributed by atoms with E-state index in [0.29, 0.717) is 12.6 Å². The number of aromatic nitrogens is 2. The number of methoxy groups -OCH3 is 1. The first-order valence-electron chi connectivity index (χ1n) is 4.84. The van der Waals surface area contributed by atoms with E-state index in [0.717, 1.165) is 5.69 Å². The lowest BCUT2D eigenvalue weighted by molar-refractivity contribution is 0.00168.